The minimum atomic E-state index is -0.991. The number of ether oxygens (including phenoxy) is 2. The minimum absolute atomic E-state index is 0.0762. The fourth-order valence-corrected chi connectivity index (χ4v) is 1.13. The largest absolute Gasteiger partial charge is 0.464 e. The van der Waals surface area contributed by atoms with Gasteiger partial charge >= 0.3 is 5.97 Å². The third-order valence-corrected chi connectivity index (χ3v) is 2.26. The molecule has 0 saturated carbocycles. The van der Waals surface area contributed by atoms with E-state index in [9.17, 15) is 4.79 Å². The molecule has 0 radical (unpaired) electrons. The molecule has 5 nitrogen and oxygen atoms in total. The minimum Gasteiger partial charge on any atom is -0.464 e. The molecular formula is C15H24O5. The molecule has 1 aromatic carbocycles. The molecule has 0 aliphatic heterocycles. The van der Waals surface area contributed by atoms with E-state index >= 15 is 0 Å². The number of carbonyl (C=O) groups excluding carboxylic acids is 1. The van der Waals surface area contributed by atoms with Crippen LogP contribution in [0, 0.1) is 0 Å². The molecule has 2 unspecified atom stereocenters. The van der Waals surface area contributed by atoms with Crippen LogP contribution in [-0.2, 0) is 20.9 Å². The van der Waals surface area contributed by atoms with Gasteiger partial charge in [0.15, 0.2) is 0 Å². The van der Waals surface area contributed by atoms with Gasteiger partial charge in [0.05, 0.1) is 25.9 Å². The summed E-state index contributed by atoms with van der Waals surface area (Å²) in [5.74, 6) is -0.562. The van der Waals surface area contributed by atoms with E-state index in [1.165, 1.54) is 6.92 Å². The van der Waals surface area contributed by atoms with Crippen LogP contribution < -0.4 is 0 Å². The first-order valence-electron chi connectivity index (χ1n) is 6.62. The smallest absolute Gasteiger partial charge is 0.334 e. The topological polar surface area (TPSA) is 76.0 Å². The van der Waals surface area contributed by atoms with Crippen LogP contribution in [0.25, 0.3) is 0 Å². The highest BCUT2D eigenvalue weighted by atomic mass is 16.5. The van der Waals surface area contributed by atoms with Crippen LogP contribution in [0.4, 0.5) is 0 Å². The van der Waals surface area contributed by atoms with Crippen molar-refractivity contribution in [1.29, 1.82) is 0 Å². The molecule has 0 amide bonds. The number of hydrogen-bond donors (Lipinski definition) is 2. The molecule has 1 aromatic rings. The van der Waals surface area contributed by atoms with E-state index in [1.807, 2.05) is 37.3 Å². The predicted molar refractivity (Wildman–Crippen MR) is 76.1 cm³/mol. The summed E-state index contributed by atoms with van der Waals surface area (Å²) in [6.07, 6.45) is -1.07. The summed E-state index contributed by atoms with van der Waals surface area (Å²) in [5, 5.41) is 17.2. The van der Waals surface area contributed by atoms with E-state index in [4.69, 9.17) is 14.9 Å². The fraction of sp³-hybridized carbons (Fsp3) is 0.533. The zero-order valence-electron chi connectivity index (χ0n) is 12.3. The van der Waals surface area contributed by atoms with E-state index in [-0.39, 0.29) is 12.7 Å². The number of carbonyl (C=O) groups is 1. The van der Waals surface area contributed by atoms with Gasteiger partial charge < -0.3 is 19.7 Å². The number of aliphatic hydroxyl groups is 2. The average Bonchev–Trinajstić information content (AvgIpc) is 2.46. The van der Waals surface area contributed by atoms with Gasteiger partial charge in [0.2, 0.25) is 0 Å². The number of rotatable bonds is 6. The van der Waals surface area contributed by atoms with Gasteiger partial charge in [-0.3, -0.25) is 0 Å². The second-order valence-electron chi connectivity index (χ2n) is 4.22. The highest BCUT2D eigenvalue weighted by Crippen LogP contribution is 2.02. The van der Waals surface area contributed by atoms with Crippen molar-refractivity contribution in [2.45, 2.75) is 39.6 Å². The lowest BCUT2D eigenvalue weighted by Gasteiger charge is -2.09. The van der Waals surface area contributed by atoms with E-state index in [1.54, 1.807) is 6.92 Å². The van der Waals surface area contributed by atoms with Crippen molar-refractivity contribution >= 4 is 5.97 Å². The Hall–Kier alpha value is -1.43. The maximum absolute atomic E-state index is 10.3. The maximum Gasteiger partial charge on any atom is 0.334 e. The molecule has 2 atom stereocenters. The molecule has 0 aliphatic rings. The summed E-state index contributed by atoms with van der Waals surface area (Å²) < 4.78 is 9.74. The molecule has 20 heavy (non-hydrogen) atoms. The van der Waals surface area contributed by atoms with Crippen molar-refractivity contribution in [2.24, 2.45) is 0 Å². The van der Waals surface area contributed by atoms with Gasteiger partial charge in [-0.05, 0) is 26.3 Å². The predicted octanol–water partition coefficient (Wildman–Crippen LogP) is 1.51. The monoisotopic (exact) mass is 284 g/mol. The quantitative estimate of drug-likeness (QED) is 0.774. The SMILES string of the molecule is CC(CO)OCc1ccccc1.CCOC(=O)C(C)O. The first kappa shape index (κ1) is 18.6. The Bertz CT molecular complexity index is 351. The van der Waals surface area contributed by atoms with Crippen LogP contribution in [0.1, 0.15) is 26.3 Å². The Labute approximate surface area is 120 Å². The third-order valence-electron chi connectivity index (χ3n) is 2.26. The Morgan fingerprint density at radius 2 is 1.85 bits per heavy atom. The van der Waals surface area contributed by atoms with E-state index < -0.39 is 12.1 Å². The van der Waals surface area contributed by atoms with Gasteiger partial charge in [0, 0.05) is 0 Å². The number of hydrogen-bond acceptors (Lipinski definition) is 5. The Morgan fingerprint density at radius 3 is 2.25 bits per heavy atom. The van der Waals surface area contributed by atoms with Gasteiger partial charge in [0.1, 0.15) is 6.10 Å². The highest BCUT2D eigenvalue weighted by molar-refractivity contribution is 5.73. The van der Waals surface area contributed by atoms with Crippen molar-refractivity contribution in [3.05, 3.63) is 35.9 Å². The van der Waals surface area contributed by atoms with Crippen molar-refractivity contribution in [3.8, 4) is 0 Å². The summed E-state index contributed by atoms with van der Waals surface area (Å²) in [6, 6.07) is 9.93. The second-order valence-corrected chi connectivity index (χ2v) is 4.22. The molecule has 0 bridgehead atoms. The van der Waals surface area contributed by atoms with Crippen LogP contribution in [0.15, 0.2) is 30.3 Å². The lowest BCUT2D eigenvalue weighted by atomic mass is 10.2. The molecule has 1 rings (SSSR count). The molecule has 114 valence electrons. The molecular weight excluding hydrogens is 260 g/mol. The zero-order chi connectivity index (χ0) is 15.4. The molecule has 0 saturated heterocycles. The van der Waals surface area contributed by atoms with Gasteiger partial charge in [-0.2, -0.15) is 0 Å². The van der Waals surface area contributed by atoms with Gasteiger partial charge in [-0.15, -0.1) is 0 Å². The molecule has 0 aliphatic carbocycles. The summed E-state index contributed by atoms with van der Waals surface area (Å²) in [7, 11) is 0. The molecule has 5 heteroatoms. The lowest BCUT2D eigenvalue weighted by molar-refractivity contribution is -0.151. The first-order valence-corrected chi connectivity index (χ1v) is 6.62. The molecule has 0 spiro atoms. The molecule has 2 N–H and O–H groups in total. The van der Waals surface area contributed by atoms with Gasteiger partial charge in [-0.25, -0.2) is 4.79 Å². The highest BCUT2D eigenvalue weighted by Gasteiger charge is 2.07. The number of benzene rings is 1. The van der Waals surface area contributed by atoms with Crippen molar-refractivity contribution < 1.29 is 24.5 Å². The van der Waals surface area contributed by atoms with Crippen LogP contribution >= 0.6 is 0 Å². The van der Waals surface area contributed by atoms with Gasteiger partial charge in [0.25, 0.3) is 0 Å². The third kappa shape index (κ3) is 9.49. The average molecular weight is 284 g/mol. The fourth-order valence-electron chi connectivity index (χ4n) is 1.13. The van der Waals surface area contributed by atoms with Crippen LogP contribution in [0.5, 0.6) is 0 Å². The lowest BCUT2D eigenvalue weighted by Crippen LogP contribution is -2.18. The molecule has 0 heterocycles. The van der Waals surface area contributed by atoms with Crippen LogP contribution in [-0.4, -0.2) is 41.6 Å². The van der Waals surface area contributed by atoms with Crippen molar-refractivity contribution in [3.63, 3.8) is 0 Å². The second kappa shape index (κ2) is 11.4. The summed E-state index contributed by atoms with van der Waals surface area (Å²) >= 11 is 0. The van der Waals surface area contributed by atoms with Gasteiger partial charge in [-0.1, -0.05) is 30.3 Å². The molecule has 0 aromatic heterocycles. The Kier molecular flexibility index (Phi) is 10.6. The number of esters is 1. The summed E-state index contributed by atoms with van der Waals surface area (Å²) in [6.45, 7) is 5.89. The summed E-state index contributed by atoms with van der Waals surface area (Å²) in [4.78, 5) is 10.3. The van der Waals surface area contributed by atoms with Crippen molar-refractivity contribution in [2.75, 3.05) is 13.2 Å². The van der Waals surface area contributed by atoms with E-state index in [0.717, 1.165) is 5.56 Å². The van der Waals surface area contributed by atoms with Crippen LogP contribution in [0.3, 0.4) is 0 Å². The van der Waals surface area contributed by atoms with E-state index in [2.05, 4.69) is 4.74 Å². The zero-order valence-corrected chi connectivity index (χ0v) is 12.3. The first-order chi connectivity index (χ1) is 9.51. The van der Waals surface area contributed by atoms with Crippen molar-refractivity contribution in [1.82, 2.24) is 0 Å². The maximum atomic E-state index is 10.3. The summed E-state index contributed by atoms with van der Waals surface area (Å²) in [5.41, 5.74) is 1.14. The standard InChI is InChI=1S/C10H14O2.C5H10O3/c1-9(7-11)12-8-10-5-3-2-4-6-10;1-3-8-5(7)4(2)6/h2-6,9,11H,7-8H2,1H3;4,6H,3H2,1-2H3. The Morgan fingerprint density at radius 1 is 1.25 bits per heavy atom. The molecule has 0 fully saturated rings. The Balaban J connectivity index is 0.000000396. The van der Waals surface area contributed by atoms with Crippen LogP contribution in [0.2, 0.25) is 0 Å². The number of aliphatic hydroxyl groups excluding tert-OH is 2. The normalized spacial score (nSPS) is 12.8. The van der Waals surface area contributed by atoms with E-state index in [0.29, 0.717) is 13.2 Å².